The van der Waals surface area contributed by atoms with Gasteiger partial charge in [-0.3, -0.25) is 14.4 Å². The lowest BCUT2D eigenvalue weighted by molar-refractivity contribution is -0.153. The highest BCUT2D eigenvalue weighted by Gasteiger charge is 2.18. The Bertz CT molecular complexity index is 799. The summed E-state index contributed by atoms with van der Waals surface area (Å²) in [6, 6.07) is 6.68. The summed E-state index contributed by atoms with van der Waals surface area (Å²) in [7, 11) is 0. The number of hydrogen-bond acceptors (Lipinski definition) is 5. The van der Waals surface area contributed by atoms with E-state index in [0.717, 1.165) is 17.0 Å². The SMILES string of the molecule is Cc1csc(=O)n1CCC(=O)O[C@H](C)C(=O)Nc1cccc(Cl)c1. The number of halogens is 1. The van der Waals surface area contributed by atoms with Crippen molar-refractivity contribution in [2.75, 3.05) is 5.32 Å². The Morgan fingerprint density at radius 3 is 2.79 bits per heavy atom. The number of carbonyl (C=O) groups excluding carboxylic acids is 2. The molecule has 0 aliphatic heterocycles. The number of rotatable bonds is 6. The molecule has 1 heterocycles. The maximum atomic E-state index is 12.0. The molecule has 1 atom stereocenters. The lowest BCUT2D eigenvalue weighted by atomic mass is 10.3. The topological polar surface area (TPSA) is 77.4 Å². The third kappa shape index (κ3) is 4.94. The zero-order chi connectivity index (χ0) is 17.7. The molecule has 128 valence electrons. The van der Waals surface area contributed by atoms with E-state index >= 15 is 0 Å². The summed E-state index contributed by atoms with van der Waals surface area (Å²) < 4.78 is 6.60. The van der Waals surface area contributed by atoms with Crippen LogP contribution in [0.4, 0.5) is 5.69 Å². The van der Waals surface area contributed by atoms with E-state index in [1.807, 2.05) is 0 Å². The Morgan fingerprint density at radius 1 is 1.42 bits per heavy atom. The van der Waals surface area contributed by atoms with Crippen molar-refractivity contribution in [3.05, 3.63) is 50.0 Å². The Morgan fingerprint density at radius 2 is 2.17 bits per heavy atom. The van der Waals surface area contributed by atoms with Gasteiger partial charge in [0, 0.05) is 28.3 Å². The Labute approximate surface area is 148 Å². The molecule has 0 radical (unpaired) electrons. The molecule has 0 saturated carbocycles. The van der Waals surface area contributed by atoms with Crippen molar-refractivity contribution < 1.29 is 14.3 Å². The van der Waals surface area contributed by atoms with Gasteiger partial charge in [-0.05, 0) is 32.0 Å². The Balaban J connectivity index is 1.84. The second-order valence-electron chi connectivity index (χ2n) is 5.18. The normalized spacial score (nSPS) is 11.8. The minimum atomic E-state index is -0.947. The number of nitrogens with one attached hydrogen (secondary N) is 1. The number of benzene rings is 1. The minimum Gasteiger partial charge on any atom is -0.452 e. The maximum Gasteiger partial charge on any atom is 0.308 e. The van der Waals surface area contributed by atoms with Gasteiger partial charge in [0.1, 0.15) is 0 Å². The van der Waals surface area contributed by atoms with E-state index in [-0.39, 0.29) is 17.8 Å². The number of hydrogen-bond donors (Lipinski definition) is 1. The summed E-state index contributed by atoms with van der Waals surface area (Å²) in [5.74, 6) is -0.990. The van der Waals surface area contributed by atoms with E-state index in [4.69, 9.17) is 16.3 Å². The fourth-order valence-electron chi connectivity index (χ4n) is 2.00. The molecule has 0 aliphatic rings. The van der Waals surface area contributed by atoms with Crippen LogP contribution in [0.1, 0.15) is 19.0 Å². The van der Waals surface area contributed by atoms with Crippen LogP contribution in [0, 0.1) is 6.92 Å². The van der Waals surface area contributed by atoms with E-state index in [1.54, 1.807) is 36.6 Å². The van der Waals surface area contributed by atoms with Gasteiger partial charge in [-0.25, -0.2) is 0 Å². The number of carbonyl (C=O) groups is 2. The highest BCUT2D eigenvalue weighted by atomic mass is 35.5. The summed E-state index contributed by atoms with van der Waals surface area (Å²) >= 11 is 6.93. The molecule has 2 rings (SSSR count). The maximum absolute atomic E-state index is 12.0. The molecular formula is C16H17ClN2O4S. The fourth-order valence-corrected chi connectivity index (χ4v) is 2.95. The molecule has 1 aromatic heterocycles. The van der Waals surface area contributed by atoms with Crippen molar-refractivity contribution >= 4 is 40.5 Å². The molecule has 0 spiro atoms. The molecule has 0 bridgehead atoms. The average Bonchev–Trinajstić information content (AvgIpc) is 2.84. The Kier molecular flexibility index (Phi) is 6.16. The number of nitrogens with zero attached hydrogens (tertiary/aromatic N) is 1. The summed E-state index contributed by atoms with van der Waals surface area (Å²) in [4.78, 5) is 35.3. The summed E-state index contributed by atoms with van der Waals surface area (Å²) in [6.45, 7) is 3.51. The fraction of sp³-hybridized carbons (Fsp3) is 0.312. The van der Waals surface area contributed by atoms with E-state index in [0.29, 0.717) is 10.7 Å². The van der Waals surface area contributed by atoms with Gasteiger partial charge in [-0.1, -0.05) is 29.0 Å². The molecule has 0 fully saturated rings. The van der Waals surface area contributed by atoms with E-state index in [9.17, 15) is 14.4 Å². The van der Waals surface area contributed by atoms with E-state index < -0.39 is 18.0 Å². The van der Waals surface area contributed by atoms with Gasteiger partial charge in [-0.15, -0.1) is 0 Å². The van der Waals surface area contributed by atoms with Crippen molar-refractivity contribution in [3.63, 3.8) is 0 Å². The van der Waals surface area contributed by atoms with Crippen LogP contribution >= 0.6 is 22.9 Å². The second-order valence-corrected chi connectivity index (χ2v) is 6.43. The number of aryl methyl sites for hydroxylation is 1. The predicted molar refractivity (Wildman–Crippen MR) is 93.6 cm³/mol. The van der Waals surface area contributed by atoms with Crippen LogP contribution in [0.3, 0.4) is 0 Å². The highest BCUT2D eigenvalue weighted by molar-refractivity contribution is 7.07. The highest BCUT2D eigenvalue weighted by Crippen LogP contribution is 2.15. The van der Waals surface area contributed by atoms with Gasteiger partial charge in [0.25, 0.3) is 5.91 Å². The standard InChI is InChI=1S/C16H17ClN2O4S/c1-10-9-24-16(22)19(10)7-6-14(20)23-11(2)15(21)18-13-5-3-4-12(17)8-13/h3-5,8-9,11H,6-7H2,1-2H3,(H,18,21)/t11-/m1/s1. The van der Waals surface area contributed by atoms with Crippen molar-refractivity contribution in [1.29, 1.82) is 0 Å². The summed E-state index contributed by atoms with van der Waals surface area (Å²) in [5, 5.41) is 4.85. The van der Waals surface area contributed by atoms with Crippen LogP contribution in [0.15, 0.2) is 34.4 Å². The molecular weight excluding hydrogens is 352 g/mol. The number of thiazole rings is 1. The lowest BCUT2D eigenvalue weighted by Gasteiger charge is -2.14. The van der Waals surface area contributed by atoms with Crippen LogP contribution in [0.25, 0.3) is 0 Å². The quantitative estimate of drug-likeness (QED) is 0.795. The van der Waals surface area contributed by atoms with Crippen LogP contribution < -0.4 is 10.2 Å². The first-order valence-corrected chi connectivity index (χ1v) is 8.53. The number of aromatic nitrogens is 1. The smallest absolute Gasteiger partial charge is 0.308 e. The third-order valence-corrected chi connectivity index (χ3v) is 4.40. The van der Waals surface area contributed by atoms with Crippen molar-refractivity contribution in [1.82, 2.24) is 4.57 Å². The molecule has 0 unspecified atom stereocenters. The molecule has 0 saturated heterocycles. The molecule has 1 amide bonds. The Hall–Kier alpha value is -2.12. The minimum absolute atomic E-state index is 0.0201. The molecule has 8 heteroatoms. The van der Waals surface area contributed by atoms with Gasteiger partial charge in [-0.2, -0.15) is 0 Å². The van der Waals surface area contributed by atoms with Crippen molar-refractivity contribution in [3.8, 4) is 0 Å². The van der Waals surface area contributed by atoms with Crippen LogP contribution in [0.2, 0.25) is 5.02 Å². The molecule has 2 aromatic rings. The monoisotopic (exact) mass is 368 g/mol. The first-order chi connectivity index (χ1) is 11.4. The van der Waals surface area contributed by atoms with Crippen LogP contribution in [-0.2, 0) is 20.9 Å². The van der Waals surface area contributed by atoms with Gasteiger partial charge >= 0.3 is 10.8 Å². The largest absolute Gasteiger partial charge is 0.452 e. The zero-order valence-electron chi connectivity index (χ0n) is 13.2. The summed E-state index contributed by atoms with van der Waals surface area (Å²) in [6.07, 6.45) is -0.927. The van der Waals surface area contributed by atoms with Crippen molar-refractivity contribution in [2.45, 2.75) is 32.9 Å². The molecule has 1 aromatic carbocycles. The lowest BCUT2D eigenvalue weighted by Crippen LogP contribution is -2.30. The first-order valence-electron chi connectivity index (χ1n) is 7.27. The van der Waals surface area contributed by atoms with Gasteiger partial charge in [0.15, 0.2) is 6.10 Å². The summed E-state index contributed by atoms with van der Waals surface area (Å²) in [5.41, 5.74) is 1.32. The molecule has 1 N–H and O–H groups in total. The van der Waals surface area contributed by atoms with Gasteiger partial charge in [0.2, 0.25) is 0 Å². The van der Waals surface area contributed by atoms with Gasteiger partial charge in [0.05, 0.1) is 6.42 Å². The van der Waals surface area contributed by atoms with Crippen LogP contribution in [-0.4, -0.2) is 22.5 Å². The number of ether oxygens (including phenoxy) is 1. The second kappa shape index (κ2) is 8.12. The predicted octanol–water partition coefficient (Wildman–Crippen LogP) is 2.83. The van der Waals surface area contributed by atoms with Crippen molar-refractivity contribution in [2.24, 2.45) is 0 Å². The molecule has 0 aliphatic carbocycles. The number of esters is 1. The van der Waals surface area contributed by atoms with Gasteiger partial charge < -0.3 is 14.6 Å². The molecule has 6 nitrogen and oxygen atoms in total. The number of amides is 1. The zero-order valence-corrected chi connectivity index (χ0v) is 14.8. The third-order valence-electron chi connectivity index (χ3n) is 3.29. The van der Waals surface area contributed by atoms with Crippen LogP contribution in [0.5, 0.6) is 0 Å². The average molecular weight is 369 g/mol. The first kappa shape index (κ1) is 18.2. The van der Waals surface area contributed by atoms with E-state index in [1.165, 1.54) is 11.5 Å². The van der Waals surface area contributed by atoms with E-state index in [2.05, 4.69) is 5.32 Å². The molecule has 24 heavy (non-hydrogen) atoms. The number of anilines is 1.